The van der Waals surface area contributed by atoms with Gasteiger partial charge < -0.3 is 15.4 Å². The van der Waals surface area contributed by atoms with Crippen molar-refractivity contribution in [1.29, 1.82) is 0 Å². The maximum absolute atomic E-state index is 12.4. The first-order valence-electron chi connectivity index (χ1n) is 11.2. The molecule has 4 fully saturated rings. The van der Waals surface area contributed by atoms with E-state index >= 15 is 0 Å². The second-order valence-electron chi connectivity index (χ2n) is 9.50. The van der Waals surface area contributed by atoms with Gasteiger partial charge >= 0.3 is 12.0 Å². The fraction of sp³-hybridized carbons (Fsp3) is 0.565. The minimum Gasteiger partial charge on any atom is -0.459 e. The summed E-state index contributed by atoms with van der Waals surface area (Å²) in [5.74, 6) is 1.85. The summed E-state index contributed by atoms with van der Waals surface area (Å²) < 4.78 is 6.65. The molecule has 6 rings (SSSR count). The highest BCUT2D eigenvalue weighted by molar-refractivity contribution is 5.76. The fourth-order valence-electron chi connectivity index (χ4n) is 6.23. The molecular weight excluding hydrogens is 396 g/mol. The number of hydrogen-bond acceptors (Lipinski definition) is 5. The average Bonchev–Trinajstić information content (AvgIpc) is 2.71. The van der Waals surface area contributed by atoms with Gasteiger partial charge in [0.2, 0.25) is 0 Å². The van der Waals surface area contributed by atoms with Crippen molar-refractivity contribution in [2.24, 2.45) is 17.8 Å². The Hall–Kier alpha value is -2.90. The van der Waals surface area contributed by atoms with Gasteiger partial charge in [-0.1, -0.05) is 6.07 Å². The molecule has 4 saturated carbocycles. The molecule has 4 bridgehead atoms. The van der Waals surface area contributed by atoms with Crippen LogP contribution in [0.15, 0.2) is 35.3 Å². The maximum atomic E-state index is 12.4. The molecule has 2 N–H and O–H groups in total. The number of urea groups is 1. The van der Waals surface area contributed by atoms with Crippen molar-refractivity contribution in [3.8, 4) is 0 Å². The number of carbonyl (C=O) groups is 2. The van der Waals surface area contributed by atoms with Crippen LogP contribution < -0.4 is 16.2 Å². The highest BCUT2D eigenvalue weighted by atomic mass is 16.5. The Kier molecular flexibility index (Phi) is 5.16. The van der Waals surface area contributed by atoms with Crippen LogP contribution in [0.1, 0.15) is 50.6 Å². The Morgan fingerprint density at radius 1 is 1.13 bits per heavy atom. The van der Waals surface area contributed by atoms with Crippen molar-refractivity contribution in [3.63, 3.8) is 0 Å². The van der Waals surface area contributed by atoms with Crippen molar-refractivity contribution in [2.45, 2.75) is 57.1 Å². The van der Waals surface area contributed by atoms with Gasteiger partial charge in [0.25, 0.3) is 5.56 Å². The molecule has 0 atom stereocenters. The summed E-state index contributed by atoms with van der Waals surface area (Å²) in [4.78, 5) is 40.9. The van der Waals surface area contributed by atoms with Gasteiger partial charge in [-0.15, -0.1) is 0 Å². The SMILES string of the molecule is O=C(NCCC(=O)OCc1cc(=O)n2ccccc2n1)NC12CC3CC(CC(C3)C1)C2. The van der Waals surface area contributed by atoms with E-state index in [2.05, 4.69) is 15.6 Å². The lowest BCUT2D eigenvalue weighted by molar-refractivity contribution is -0.144. The van der Waals surface area contributed by atoms with Crippen LogP contribution in [0.3, 0.4) is 0 Å². The fourth-order valence-corrected chi connectivity index (χ4v) is 6.23. The molecular formula is C23H28N4O4. The number of nitrogens with zero attached hydrogens (tertiary/aromatic N) is 2. The first kappa shape index (κ1) is 20.0. The second kappa shape index (κ2) is 7.98. The largest absolute Gasteiger partial charge is 0.459 e. The third-order valence-electron chi connectivity index (χ3n) is 7.04. The van der Waals surface area contributed by atoms with Gasteiger partial charge in [-0.3, -0.25) is 14.0 Å². The highest BCUT2D eigenvalue weighted by Gasteiger charge is 2.51. The van der Waals surface area contributed by atoms with E-state index in [1.807, 2.05) is 0 Å². The van der Waals surface area contributed by atoms with Crippen LogP contribution in [0.25, 0.3) is 5.65 Å². The van der Waals surface area contributed by atoms with Gasteiger partial charge in [-0.2, -0.15) is 0 Å². The van der Waals surface area contributed by atoms with E-state index in [-0.39, 0.29) is 36.7 Å². The Labute approximate surface area is 180 Å². The minimum atomic E-state index is -0.440. The van der Waals surface area contributed by atoms with Crippen molar-refractivity contribution >= 4 is 17.6 Å². The van der Waals surface area contributed by atoms with E-state index in [0.717, 1.165) is 37.0 Å². The minimum absolute atomic E-state index is 0.0465. The van der Waals surface area contributed by atoms with E-state index < -0.39 is 5.97 Å². The molecule has 0 aromatic carbocycles. The van der Waals surface area contributed by atoms with E-state index in [9.17, 15) is 14.4 Å². The first-order valence-corrected chi connectivity index (χ1v) is 11.2. The number of pyridine rings is 1. The summed E-state index contributed by atoms with van der Waals surface area (Å²) in [5, 5.41) is 6.03. The molecule has 0 radical (unpaired) electrons. The van der Waals surface area contributed by atoms with E-state index in [1.165, 1.54) is 29.7 Å². The van der Waals surface area contributed by atoms with Gasteiger partial charge in [0.1, 0.15) is 12.3 Å². The molecule has 0 spiro atoms. The van der Waals surface area contributed by atoms with Gasteiger partial charge in [-0.25, -0.2) is 9.78 Å². The van der Waals surface area contributed by atoms with E-state index in [4.69, 9.17) is 4.74 Å². The van der Waals surface area contributed by atoms with E-state index in [0.29, 0.717) is 11.3 Å². The lowest BCUT2D eigenvalue weighted by atomic mass is 9.53. The van der Waals surface area contributed by atoms with Gasteiger partial charge in [0.15, 0.2) is 0 Å². The zero-order valence-electron chi connectivity index (χ0n) is 17.5. The van der Waals surface area contributed by atoms with Crippen LogP contribution in [-0.2, 0) is 16.1 Å². The Balaban J connectivity index is 1.07. The Morgan fingerprint density at radius 2 is 1.84 bits per heavy atom. The molecule has 2 amide bonds. The average molecular weight is 425 g/mol. The number of fused-ring (bicyclic) bond motifs is 1. The summed E-state index contributed by atoms with van der Waals surface area (Å²) in [7, 11) is 0. The molecule has 8 heteroatoms. The van der Waals surface area contributed by atoms with Crippen molar-refractivity contribution < 1.29 is 14.3 Å². The summed E-state index contributed by atoms with van der Waals surface area (Å²) in [6.45, 7) is 0.143. The monoisotopic (exact) mass is 424 g/mol. The third kappa shape index (κ3) is 4.29. The summed E-state index contributed by atoms with van der Waals surface area (Å²) >= 11 is 0. The van der Waals surface area contributed by atoms with Crippen LogP contribution in [-0.4, -0.2) is 33.5 Å². The topological polar surface area (TPSA) is 102 Å². The molecule has 8 nitrogen and oxygen atoms in total. The molecule has 0 saturated heterocycles. The summed E-state index contributed by atoms with van der Waals surface area (Å²) in [6, 6.07) is 6.43. The zero-order valence-corrected chi connectivity index (χ0v) is 17.5. The lowest BCUT2D eigenvalue weighted by Crippen LogP contribution is -2.61. The van der Waals surface area contributed by atoms with Crippen LogP contribution in [0.5, 0.6) is 0 Å². The number of hydrogen-bond donors (Lipinski definition) is 2. The predicted octanol–water partition coefficient (Wildman–Crippen LogP) is 2.40. The van der Waals surface area contributed by atoms with Crippen LogP contribution in [0.4, 0.5) is 4.79 Å². The molecule has 4 aliphatic carbocycles. The molecule has 2 aromatic rings. The quantitative estimate of drug-likeness (QED) is 0.694. The summed E-state index contributed by atoms with van der Waals surface area (Å²) in [6.07, 6.45) is 8.96. The van der Waals surface area contributed by atoms with Gasteiger partial charge in [-0.05, 0) is 68.4 Å². The normalized spacial score (nSPS) is 28.5. The molecule has 31 heavy (non-hydrogen) atoms. The van der Waals surface area contributed by atoms with Crippen LogP contribution in [0, 0.1) is 17.8 Å². The van der Waals surface area contributed by atoms with Crippen LogP contribution >= 0.6 is 0 Å². The van der Waals surface area contributed by atoms with E-state index in [1.54, 1.807) is 24.4 Å². The van der Waals surface area contributed by atoms with Crippen LogP contribution in [0.2, 0.25) is 0 Å². The number of rotatable bonds is 6. The third-order valence-corrected chi connectivity index (χ3v) is 7.04. The molecule has 2 aromatic heterocycles. The first-order chi connectivity index (χ1) is 15.0. The number of amides is 2. The van der Waals surface area contributed by atoms with Crippen molar-refractivity contribution in [3.05, 3.63) is 46.5 Å². The zero-order chi connectivity index (χ0) is 21.4. The molecule has 4 aliphatic rings. The maximum Gasteiger partial charge on any atom is 0.315 e. The van der Waals surface area contributed by atoms with Crippen molar-refractivity contribution in [2.75, 3.05) is 6.54 Å². The predicted molar refractivity (Wildman–Crippen MR) is 113 cm³/mol. The molecule has 2 heterocycles. The Bertz CT molecular complexity index is 1030. The second-order valence-corrected chi connectivity index (χ2v) is 9.50. The highest BCUT2D eigenvalue weighted by Crippen LogP contribution is 2.55. The summed E-state index contributed by atoms with van der Waals surface area (Å²) in [5.41, 5.74) is 0.635. The number of aromatic nitrogens is 2. The number of carbonyl (C=O) groups excluding carboxylic acids is 2. The number of esters is 1. The standard InChI is InChI=1S/C23H28N4O4/c28-20-10-18(25-19-3-1-2-6-27(19)20)14-31-21(29)4-5-24-22(30)26-23-11-15-7-16(12-23)9-17(8-15)13-23/h1-3,6,10,15-17H,4-5,7-9,11-14H2,(H2,24,26,30). The Morgan fingerprint density at radius 3 is 2.55 bits per heavy atom. The number of ether oxygens (including phenoxy) is 1. The molecule has 0 unspecified atom stereocenters. The number of nitrogens with one attached hydrogen (secondary N) is 2. The smallest absolute Gasteiger partial charge is 0.315 e. The van der Waals surface area contributed by atoms with Gasteiger partial charge in [0, 0.05) is 24.3 Å². The molecule has 164 valence electrons. The lowest BCUT2D eigenvalue weighted by Gasteiger charge is -2.56. The van der Waals surface area contributed by atoms with Crippen molar-refractivity contribution in [1.82, 2.24) is 20.0 Å². The molecule has 0 aliphatic heterocycles. The van der Waals surface area contributed by atoms with Gasteiger partial charge in [0.05, 0.1) is 12.1 Å².